The van der Waals surface area contributed by atoms with E-state index in [2.05, 4.69) is 23.3 Å². The number of imidazole rings is 1. The molecule has 1 heterocycles. The van der Waals surface area contributed by atoms with Crippen molar-refractivity contribution in [2.75, 3.05) is 0 Å². The molecule has 0 fully saturated rings. The fraction of sp³-hybridized carbons (Fsp3) is 0.308. The summed E-state index contributed by atoms with van der Waals surface area (Å²) in [5, 5.41) is 4.17. The third kappa shape index (κ3) is 3.08. The fourth-order valence-corrected chi connectivity index (χ4v) is 1.96. The van der Waals surface area contributed by atoms with E-state index in [-0.39, 0.29) is 0 Å². The third-order valence-electron chi connectivity index (χ3n) is 2.82. The lowest BCUT2D eigenvalue weighted by molar-refractivity contribution is 0.637. The van der Waals surface area contributed by atoms with Crippen molar-refractivity contribution in [3.05, 3.63) is 52.6 Å². The minimum Gasteiger partial charge on any atom is -0.337 e. The van der Waals surface area contributed by atoms with Gasteiger partial charge in [0.1, 0.15) is 5.82 Å². The predicted octanol–water partition coefficient (Wildman–Crippen LogP) is 2.67. The monoisotopic (exact) mass is 249 g/mol. The summed E-state index contributed by atoms with van der Waals surface area (Å²) in [5.41, 5.74) is 2.48. The molecular weight excluding hydrogens is 234 g/mol. The number of halogens is 1. The van der Waals surface area contributed by atoms with Gasteiger partial charge in [-0.1, -0.05) is 17.7 Å². The molecule has 0 bridgehead atoms. The van der Waals surface area contributed by atoms with Crippen molar-refractivity contribution in [3.8, 4) is 0 Å². The average molecular weight is 250 g/mol. The maximum absolute atomic E-state index is 5.92. The van der Waals surface area contributed by atoms with Crippen LogP contribution in [0.15, 0.2) is 30.6 Å². The fourth-order valence-electron chi connectivity index (χ4n) is 1.73. The third-order valence-corrected chi connectivity index (χ3v) is 3.06. The quantitative estimate of drug-likeness (QED) is 0.903. The van der Waals surface area contributed by atoms with E-state index in [9.17, 15) is 0 Å². The van der Waals surface area contributed by atoms with Crippen LogP contribution in [-0.4, -0.2) is 9.55 Å². The van der Waals surface area contributed by atoms with E-state index < -0.39 is 0 Å². The molecule has 1 aromatic carbocycles. The van der Waals surface area contributed by atoms with E-state index >= 15 is 0 Å². The Morgan fingerprint density at radius 1 is 1.35 bits per heavy atom. The Kier molecular flexibility index (Phi) is 3.82. The van der Waals surface area contributed by atoms with Crippen LogP contribution in [0.2, 0.25) is 5.02 Å². The number of aromatic nitrogens is 2. The van der Waals surface area contributed by atoms with Gasteiger partial charge in [0.05, 0.1) is 6.54 Å². The molecule has 1 N–H and O–H groups in total. The van der Waals surface area contributed by atoms with E-state index in [1.54, 1.807) is 0 Å². The largest absolute Gasteiger partial charge is 0.337 e. The van der Waals surface area contributed by atoms with Gasteiger partial charge < -0.3 is 9.88 Å². The van der Waals surface area contributed by atoms with Gasteiger partial charge in [-0.05, 0) is 30.2 Å². The Hall–Kier alpha value is -1.32. The van der Waals surface area contributed by atoms with Crippen LogP contribution in [-0.2, 0) is 20.1 Å². The molecule has 1 aromatic heterocycles. The first-order valence-corrected chi connectivity index (χ1v) is 5.96. The highest BCUT2D eigenvalue weighted by Crippen LogP contribution is 2.14. The van der Waals surface area contributed by atoms with Gasteiger partial charge in [0, 0.05) is 31.0 Å². The Morgan fingerprint density at radius 2 is 2.18 bits per heavy atom. The molecule has 17 heavy (non-hydrogen) atoms. The molecular formula is C13H16ClN3. The molecule has 0 atom stereocenters. The number of hydrogen-bond acceptors (Lipinski definition) is 2. The second-order valence-electron chi connectivity index (χ2n) is 4.13. The maximum atomic E-state index is 5.92. The number of nitrogens with zero attached hydrogens (tertiary/aromatic N) is 2. The highest BCUT2D eigenvalue weighted by molar-refractivity contribution is 6.30. The SMILES string of the molecule is Cc1cc(Cl)ccc1CNCc1nccn1C. The standard InChI is InChI=1S/C13H16ClN3/c1-10-7-12(14)4-3-11(10)8-15-9-13-16-5-6-17(13)2/h3-7,15H,8-9H2,1-2H3. The molecule has 3 nitrogen and oxygen atoms in total. The van der Waals surface area contributed by atoms with Crippen LogP contribution in [0.4, 0.5) is 0 Å². The zero-order chi connectivity index (χ0) is 12.3. The summed E-state index contributed by atoms with van der Waals surface area (Å²) in [7, 11) is 2.00. The lowest BCUT2D eigenvalue weighted by Crippen LogP contribution is -2.16. The van der Waals surface area contributed by atoms with Crippen molar-refractivity contribution in [2.45, 2.75) is 20.0 Å². The molecule has 0 amide bonds. The van der Waals surface area contributed by atoms with Crippen LogP contribution < -0.4 is 5.32 Å². The number of rotatable bonds is 4. The minimum absolute atomic E-state index is 0.769. The van der Waals surface area contributed by atoms with Gasteiger partial charge in [0.2, 0.25) is 0 Å². The van der Waals surface area contributed by atoms with Crippen LogP contribution in [0.1, 0.15) is 17.0 Å². The molecule has 0 saturated heterocycles. The van der Waals surface area contributed by atoms with Crippen LogP contribution in [0, 0.1) is 6.92 Å². The summed E-state index contributed by atoms with van der Waals surface area (Å²) >= 11 is 5.92. The summed E-state index contributed by atoms with van der Waals surface area (Å²) in [5.74, 6) is 1.04. The summed E-state index contributed by atoms with van der Waals surface area (Å²) in [6.07, 6.45) is 3.76. The first-order chi connectivity index (χ1) is 8.16. The first-order valence-electron chi connectivity index (χ1n) is 5.59. The molecule has 2 rings (SSSR count). The Balaban J connectivity index is 1.92. The summed E-state index contributed by atoms with van der Waals surface area (Å²) in [4.78, 5) is 4.26. The van der Waals surface area contributed by atoms with Gasteiger partial charge in [-0.3, -0.25) is 0 Å². The molecule has 0 aliphatic heterocycles. The number of aryl methyl sites for hydroxylation is 2. The highest BCUT2D eigenvalue weighted by atomic mass is 35.5. The molecule has 0 radical (unpaired) electrons. The molecule has 90 valence electrons. The van der Waals surface area contributed by atoms with Crippen LogP contribution >= 0.6 is 11.6 Å². The second-order valence-corrected chi connectivity index (χ2v) is 4.57. The predicted molar refractivity (Wildman–Crippen MR) is 69.9 cm³/mol. The molecule has 4 heteroatoms. The molecule has 0 unspecified atom stereocenters. The van der Waals surface area contributed by atoms with Gasteiger partial charge in [-0.25, -0.2) is 4.98 Å². The van der Waals surface area contributed by atoms with E-state index in [0.29, 0.717) is 0 Å². The topological polar surface area (TPSA) is 29.9 Å². The van der Waals surface area contributed by atoms with Crippen molar-refractivity contribution in [1.29, 1.82) is 0 Å². The van der Waals surface area contributed by atoms with Crippen molar-refractivity contribution in [1.82, 2.24) is 14.9 Å². The number of benzene rings is 1. The van der Waals surface area contributed by atoms with Crippen LogP contribution in [0.25, 0.3) is 0 Å². The molecule has 0 spiro atoms. The van der Waals surface area contributed by atoms with E-state index in [1.807, 2.05) is 36.1 Å². The van der Waals surface area contributed by atoms with Gasteiger partial charge in [0.25, 0.3) is 0 Å². The van der Waals surface area contributed by atoms with E-state index in [0.717, 1.165) is 23.9 Å². The van der Waals surface area contributed by atoms with Gasteiger partial charge in [-0.15, -0.1) is 0 Å². The zero-order valence-electron chi connectivity index (χ0n) is 10.1. The van der Waals surface area contributed by atoms with Gasteiger partial charge >= 0.3 is 0 Å². The lowest BCUT2D eigenvalue weighted by Gasteiger charge is -2.08. The number of nitrogens with one attached hydrogen (secondary N) is 1. The van der Waals surface area contributed by atoms with Crippen LogP contribution in [0.5, 0.6) is 0 Å². The van der Waals surface area contributed by atoms with Crippen LogP contribution in [0.3, 0.4) is 0 Å². The minimum atomic E-state index is 0.769. The van der Waals surface area contributed by atoms with Gasteiger partial charge in [-0.2, -0.15) is 0 Å². The highest BCUT2D eigenvalue weighted by Gasteiger charge is 2.01. The first kappa shape index (κ1) is 12.1. The average Bonchev–Trinajstić information content (AvgIpc) is 2.68. The van der Waals surface area contributed by atoms with E-state index in [4.69, 9.17) is 11.6 Å². The summed E-state index contributed by atoms with van der Waals surface area (Å²) in [6.45, 7) is 3.67. The Morgan fingerprint density at radius 3 is 2.82 bits per heavy atom. The number of hydrogen-bond donors (Lipinski definition) is 1. The smallest absolute Gasteiger partial charge is 0.122 e. The van der Waals surface area contributed by atoms with Crippen molar-refractivity contribution in [2.24, 2.45) is 7.05 Å². The normalized spacial score (nSPS) is 10.8. The van der Waals surface area contributed by atoms with Crippen molar-refractivity contribution >= 4 is 11.6 Å². The molecule has 0 aliphatic rings. The van der Waals surface area contributed by atoms with E-state index in [1.165, 1.54) is 11.1 Å². The lowest BCUT2D eigenvalue weighted by atomic mass is 10.1. The molecule has 0 aliphatic carbocycles. The summed E-state index contributed by atoms with van der Waals surface area (Å²) in [6, 6.07) is 5.97. The summed E-state index contributed by atoms with van der Waals surface area (Å²) < 4.78 is 2.02. The Labute approximate surface area is 106 Å². The zero-order valence-corrected chi connectivity index (χ0v) is 10.8. The van der Waals surface area contributed by atoms with Crippen molar-refractivity contribution < 1.29 is 0 Å². The molecule has 2 aromatic rings. The maximum Gasteiger partial charge on any atom is 0.122 e. The second kappa shape index (κ2) is 5.34. The van der Waals surface area contributed by atoms with Gasteiger partial charge in [0.15, 0.2) is 0 Å². The molecule has 0 saturated carbocycles. The van der Waals surface area contributed by atoms with Crippen molar-refractivity contribution in [3.63, 3.8) is 0 Å². The Bertz CT molecular complexity index is 505.